The summed E-state index contributed by atoms with van der Waals surface area (Å²) in [6, 6.07) is 5.16. The molecule has 2 heterocycles. The van der Waals surface area contributed by atoms with Gasteiger partial charge in [-0.2, -0.15) is 0 Å². The number of carboxylic acids is 1. The van der Waals surface area contributed by atoms with E-state index in [1.54, 1.807) is 6.07 Å². The Labute approximate surface area is 94.9 Å². The number of aromatic carboxylic acids is 1. The van der Waals surface area contributed by atoms with E-state index in [0.717, 1.165) is 25.3 Å². The SMILES string of the molecule is CC1CCCN(c2cccc(C(=O)O)n2)C1. The molecule has 0 amide bonds. The molecule has 4 nitrogen and oxygen atoms in total. The summed E-state index contributed by atoms with van der Waals surface area (Å²) < 4.78 is 0. The lowest BCUT2D eigenvalue weighted by atomic mass is 10.0. The van der Waals surface area contributed by atoms with Gasteiger partial charge in [0.25, 0.3) is 0 Å². The normalized spacial score (nSPS) is 20.8. The average molecular weight is 220 g/mol. The van der Waals surface area contributed by atoms with E-state index in [1.165, 1.54) is 12.5 Å². The van der Waals surface area contributed by atoms with Crippen molar-refractivity contribution in [1.82, 2.24) is 4.98 Å². The highest BCUT2D eigenvalue weighted by atomic mass is 16.4. The first-order chi connectivity index (χ1) is 7.66. The summed E-state index contributed by atoms with van der Waals surface area (Å²) in [6.45, 7) is 4.16. The van der Waals surface area contributed by atoms with Gasteiger partial charge in [0.2, 0.25) is 0 Å². The molecule has 4 heteroatoms. The Hall–Kier alpha value is -1.58. The van der Waals surface area contributed by atoms with Crippen LogP contribution in [-0.2, 0) is 0 Å². The van der Waals surface area contributed by atoms with Crippen molar-refractivity contribution < 1.29 is 9.90 Å². The van der Waals surface area contributed by atoms with Crippen LogP contribution in [0.5, 0.6) is 0 Å². The third kappa shape index (κ3) is 2.32. The molecular weight excluding hydrogens is 204 g/mol. The number of carbonyl (C=O) groups is 1. The fourth-order valence-electron chi connectivity index (χ4n) is 2.12. The van der Waals surface area contributed by atoms with Crippen molar-refractivity contribution >= 4 is 11.8 Å². The molecule has 2 rings (SSSR count). The number of piperidine rings is 1. The number of hydrogen-bond acceptors (Lipinski definition) is 3. The molecule has 16 heavy (non-hydrogen) atoms. The van der Waals surface area contributed by atoms with E-state index in [0.29, 0.717) is 5.92 Å². The zero-order valence-electron chi connectivity index (χ0n) is 9.39. The van der Waals surface area contributed by atoms with Gasteiger partial charge in [-0.15, -0.1) is 0 Å². The Bertz CT molecular complexity index is 392. The molecule has 1 unspecified atom stereocenters. The molecule has 0 spiro atoms. The van der Waals surface area contributed by atoms with Gasteiger partial charge < -0.3 is 10.0 Å². The van der Waals surface area contributed by atoms with Crippen LogP contribution < -0.4 is 4.90 Å². The molecule has 1 aromatic rings. The average Bonchev–Trinajstić information content (AvgIpc) is 2.29. The highest BCUT2D eigenvalue weighted by Crippen LogP contribution is 2.21. The van der Waals surface area contributed by atoms with Gasteiger partial charge in [-0.3, -0.25) is 0 Å². The molecule has 0 radical (unpaired) electrons. The smallest absolute Gasteiger partial charge is 0.354 e. The van der Waals surface area contributed by atoms with Crippen LogP contribution >= 0.6 is 0 Å². The van der Waals surface area contributed by atoms with Crippen molar-refractivity contribution in [1.29, 1.82) is 0 Å². The Morgan fingerprint density at radius 2 is 2.38 bits per heavy atom. The van der Waals surface area contributed by atoms with Crippen LogP contribution in [0.1, 0.15) is 30.3 Å². The molecule has 1 saturated heterocycles. The first kappa shape index (κ1) is 10.9. The van der Waals surface area contributed by atoms with E-state index < -0.39 is 5.97 Å². The highest BCUT2D eigenvalue weighted by molar-refractivity contribution is 5.85. The van der Waals surface area contributed by atoms with Gasteiger partial charge in [0, 0.05) is 13.1 Å². The fraction of sp³-hybridized carbons (Fsp3) is 0.500. The summed E-state index contributed by atoms with van der Waals surface area (Å²) >= 11 is 0. The number of hydrogen-bond donors (Lipinski definition) is 1. The van der Waals surface area contributed by atoms with Crippen LogP contribution in [0, 0.1) is 5.92 Å². The molecule has 1 aliphatic heterocycles. The van der Waals surface area contributed by atoms with Gasteiger partial charge in [-0.1, -0.05) is 13.0 Å². The Morgan fingerprint density at radius 1 is 1.56 bits per heavy atom. The predicted octanol–water partition coefficient (Wildman–Crippen LogP) is 2.02. The minimum absolute atomic E-state index is 0.121. The van der Waals surface area contributed by atoms with Gasteiger partial charge in [-0.05, 0) is 30.9 Å². The molecule has 1 aromatic heterocycles. The van der Waals surface area contributed by atoms with E-state index in [9.17, 15) is 4.79 Å². The van der Waals surface area contributed by atoms with E-state index in [4.69, 9.17) is 5.11 Å². The largest absolute Gasteiger partial charge is 0.477 e. The van der Waals surface area contributed by atoms with Crippen LogP contribution in [0.2, 0.25) is 0 Å². The van der Waals surface area contributed by atoms with Crippen LogP contribution in [0.25, 0.3) is 0 Å². The summed E-state index contributed by atoms with van der Waals surface area (Å²) in [7, 11) is 0. The summed E-state index contributed by atoms with van der Waals surface area (Å²) in [6.07, 6.45) is 2.40. The van der Waals surface area contributed by atoms with Gasteiger partial charge in [0.1, 0.15) is 5.82 Å². The summed E-state index contributed by atoms with van der Waals surface area (Å²) in [4.78, 5) is 17.1. The second kappa shape index (κ2) is 4.51. The monoisotopic (exact) mass is 220 g/mol. The maximum absolute atomic E-state index is 10.8. The lowest BCUT2D eigenvalue weighted by molar-refractivity contribution is 0.0690. The van der Waals surface area contributed by atoms with E-state index >= 15 is 0 Å². The summed E-state index contributed by atoms with van der Waals surface area (Å²) in [5.41, 5.74) is 0.121. The Balaban J connectivity index is 2.19. The van der Waals surface area contributed by atoms with Crippen LogP contribution in [0.3, 0.4) is 0 Å². The first-order valence-corrected chi connectivity index (χ1v) is 5.62. The lowest BCUT2D eigenvalue weighted by Gasteiger charge is -2.31. The predicted molar refractivity (Wildman–Crippen MR) is 61.8 cm³/mol. The third-order valence-corrected chi connectivity index (χ3v) is 2.93. The van der Waals surface area contributed by atoms with E-state index in [-0.39, 0.29) is 5.69 Å². The first-order valence-electron chi connectivity index (χ1n) is 5.62. The number of anilines is 1. The van der Waals surface area contributed by atoms with Gasteiger partial charge >= 0.3 is 5.97 Å². The molecule has 0 aliphatic carbocycles. The number of pyridine rings is 1. The van der Waals surface area contributed by atoms with E-state index in [2.05, 4.69) is 16.8 Å². The van der Waals surface area contributed by atoms with Crippen LogP contribution in [0.15, 0.2) is 18.2 Å². The maximum atomic E-state index is 10.8. The van der Waals surface area contributed by atoms with Gasteiger partial charge in [0.15, 0.2) is 5.69 Å². The molecule has 0 bridgehead atoms. The van der Waals surface area contributed by atoms with Crippen molar-refractivity contribution in [2.24, 2.45) is 5.92 Å². The topological polar surface area (TPSA) is 53.4 Å². The molecule has 1 atom stereocenters. The van der Waals surface area contributed by atoms with Crippen LogP contribution in [-0.4, -0.2) is 29.1 Å². The Morgan fingerprint density at radius 3 is 3.06 bits per heavy atom. The number of rotatable bonds is 2. The van der Waals surface area contributed by atoms with E-state index in [1.807, 2.05) is 6.07 Å². The molecule has 0 aromatic carbocycles. The maximum Gasteiger partial charge on any atom is 0.354 e. The molecule has 1 N–H and O–H groups in total. The third-order valence-electron chi connectivity index (χ3n) is 2.93. The fourth-order valence-corrected chi connectivity index (χ4v) is 2.12. The highest BCUT2D eigenvalue weighted by Gasteiger charge is 2.18. The van der Waals surface area contributed by atoms with Crippen molar-refractivity contribution in [3.05, 3.63) is 23.9 Å². The van der Waals surface area contributed by atoms with Gasteiger partial charge in [0.05, 0.1) is 0 Å². The lowest BCUT2D eigenvalue weighted by Crippen LogP contribution is -2.35. The molecule has 1 aliphatic rings. The molecular formula is C12H16N2O2. The summed E-state index contributed by atoms with van der Waals surface area (Å²) in [5, 5.41) is 8.88. The van der Waals surface area contributed by atoms with Crippen molar-refractivity contribution in [2.45, 2.75) is 19.8 Å². The minimum Gasteiger partial charge on any atom is -0.477 e. The second-order valence-corrected chi connectivity index (χ2v) is 4.38. The number of carboxylic acid groups (broad SMARTS) is 1. The standard InChI is InChI=1S/C12H16N2O2/c1-9-4-3-7-14(8-9)11-6-2-5-10(13-11)12(15)16/h2,5-6,9H,3-4,7-8H2,1H3,(H,15,16). The van der Waals surface area contributed by atoms with Crippen molar-refractivity contribution in [3.8, 4) is 0 Å². The minimum atomic E-state index is -0.966. The molecule has 86 valence electrons. The zero-order chi connectivity index (χ0) is 11.5. The molecule has 1 fully saturated rings. The zero-order valence-corrected chi connectivity index (χ0v) is 9.39. The van der Waals surface area contributed by atoms with Crippen LogP contribution in [0.4, 0.5) is 5.82 Å². The summed E-state index contributed by atoms with van der Waals surface area (Å²) in [5.74, 6) is 0.474. The van der Waals surface area contributed by atoms with Crippen molar-refractivity contribution in [3.63, 3.8) is 0 Å². The van der Waals surface area contributed by atoms with Crippen molar-refractivity contribution in [2.75, 3.05) is 18.0 Å². The second-order valence-electron chi connectivity index (χ2n) is 4.38. The Kier molecular flexibility index (Phi) is 3.08. The number of aromatic nitrogens is 1. The quantitative estimate of drug-likeness (QED) is 0.828. The number of nitrogens with zero attached hydrogens (tertiary/aromatic N) is 2. The van der Waals surface area contributed by atoms with Gasteiger partial charge in [-0.25, -0.2) is 9.78 Å². The molecule has 0 saturated carbocycles.